The van der Waals surface area contributed by atoms with Crippen LogP contribution in [0.5, 0.6) is 0 Å². The molecule has 0 fully saturated rings. The van der Waals surface area contributed by atoms with E-state index in [0.717, 1.165) is 5.56 Å². The normalized spacial score (nSPS) is 11.8. The Morgan fingerprint density at radius 2 is 1.90 bits per heavy atom. The van der Waals surface area contributed by atoms with Gasteiger partial charge in [-0.05, 0) is 26.0 Å². The van der Waals surface area contributed by atoms with E-state index in [1.165, 1.54) is 0 Å². The first-order valence-electron chi connectivity index (χ1n) is 6.90. The number of hydrogen-bond acceptors (Lipinski definition) is 4. The molecule has 1 unspecified atom stereocenters. The van der Waals surface area contributed by atoms with Crippen LogP contribution in [0.2, 0.25) is 0 Å². The van der Waals surface area contributed by atoms with E-state index in [0.29, 0.717) is 12.3 Å². The average molecular weight is 294 g/mol. The third-order valence-electron chi connectivity index (χ3n) is 2.71. The first-order chi connectivity index (χ1) is 10.0. The number of carbonyl (C=O) groups is 2. The highest BCUT2D eigenvalue weighted by molar-refractivity contribution is 6.03. The second-order valence-electron chi connectivity index (χ2n) is 4.71. The van der Waals surface area contributed by atoms with Gasteiger partial charge in [0.05, 0.1) is 12.7 Å². The molecule has 0 radical (unpaired) electrons. The Bertz CT molecular complexity index is 459. The number of anilines is 1. The van der Waals surface area contributed by atoms with Crippen molar-refractivity contribution in [1.82, 2.24) is 5.32 Å². The number of carbonyl (C=O) groups excluding carboxylic acids is 2. The van der Waals surface area contributed by atoms with Crippen LogP contribution in [-0.2, 0) is 14.3 Å². The van der Waals surface area contributed by atoms with Crippen LogP contribution in [0.25, 0.3) is 0 Å². The van der Waals surface area contributed by atoms with Gasteiger partial charge < -0.3 is 20.5 Å². The summed E-state index contributed by atoms with van der Waals surface area (Å²) in [7, 11) is 0. The molecule has 0 spiro atoms. The van der Waals surface area contributed by atoms with E-state index < -0.39 is 17.9 Å². The van der Waals surface area contributed by atoms with Crippen molar-refractivity contribution >= 4 is 17.5 Å². The molecule has 0 aliphatic rings. The number of ether oxygens (including phenoxy) is 1. The van der Waals surface area contributed by atoms with Crippen molar-refractivity contribution in [2.24, 2.45) is 0 Å². The number of aryl methyl sites for hydroxylation is 1. The van der Waals surface area contributed by atoms with Gasteiger partial charge in [-0.25, -0.2) is 0 Å². The zero-order chi connectivity index (χ0) is 15.7. The van der Waals surface area contributed by atoms with Crippen LogP contribution in [0.4, 0.5) is 5.69 Å². The standard InChI is InChI=1S/C15H22N2O4/c1-3-21-10-13(18)9-16-14(19)8-15(20)17-12-6-4-11(2)5-7-12/h4-7,13,18H,3,8-10H2,1-2H3,(H,16,19)(H,17,20). The van der Waals surface area contributed by atoms with Crippen molar-refractivity contribution in [2.45, 2.75) is 26.4 Å². The van der Waals surface area contributed by atoms with Gasteiger partial charge in [0.1, 0.15) is 6.42 Å². The molecule has 6 nitrogen and oxygen atoms in total. The molecule has 1 atom stereocenters. The van der Waals surface area contributed by atoms with E-state index >= 15 is 0 Å². The molecular weight excluding hydrogens is 272 g/mol. The summed E-state index contributed by atoms with van der Waals surface area (Å²) in [5.41, 5.74) is 1.74. The van der Waals surface area contributed by atoms with Gasteiger partial charge in [-0.15, -0.1) is 0 Å². The fraction of sp³-hybridized carbons (Fsp3) is 0.467. The lowest BCUT2D eigenvalue weighted by Crippen LogP contribution is -2.36. The van der Waals surface area contributed by atoms with Crippen LogP contribution in [0.1, 0.15) is 18.9 Å². The molecule has 21 heavy (non-hydrogen) atoms. The van der Waals surface area contributed by atoms with Gasteiger partial charge in [0.25, 0.3) is 0 Å². The Labute approximate surface area is 124 Å². The lowest BCUT2D eigenvalue weighted by Gasteiger charge is -2.11. The Morgan fingerprint density at radius 3 is 2.52 bits per heavy atom. The molecule has 0 saturated heterocycles. The fourth-order valence-electron chi connectivity index (χ4n) is 1.59. The highest BCUT2D eigenvalue weighted by atomic mass is 16.5. The Morgan fingerprint density at radius 1 is 1.24 bits per heavy atom. The van der Waals surface area contributed by atoms with Crippen LogP contribution in [0, 0.1) is 6.92 Å². The lowest BCUT2D eigenvalue weighted by atomic mass is 10.2. The molecule has 3 N–H and O–H groups in total. The first kappa shape index (κ1) is 17.1. The van der Waals surface area contributed by atoms with Crippen molar-refractivity contribution < 1.29 is 19.4 Å². The molecule has 1 aromatic carbocycles. The molecule has 0 aliphatic heterocycles. The summed E-state index contributed by atoms with van der Waals surface area (Å²) >= 11 is 0. The molecule has 0 aliphatic carbocycles. The number of amides is 2. The maximum Gasteiger partial charge on any atom is 0.233 e. The maximum atomic E-state index is 11.7. The Kier molecular flexibility index (Phi) is 7.42. The molecule has 6 heteroatoms. The number of benzene rings is 1. The van der Waals surface area contributed by atoms with Gasteiger partial charge in [0, 0.05) is 18.8 Å². The second-order valence-corrected chi connectivity index (χ2v) is 4.71. The topological polar surface area (TPSA) is 87.7 Å². The van der Waals surface area contributed by atoms with Crippen LogP contribution in [-0.4, -0.2) is 42.8 Å². The average Bonchev–Trinajstić information content (AvgIpc) is 2.45. The minimum absolute atomic E-state index is 0.0661. The molecule has 1 rings (SSSR count). The predicted molar refractivity (Wildman–Crippen MR) is 79.9 cm³/mol. The molecule has 116 valence electrons. The van der Waals surface area contributed by atoms with E-state index in [4.69, 9.17) is 4.74 Å². The summed E-state index contributed by atoms with van der Waals surface area (Å²) < 4.78 is 5.02. The van der Waals surface area contributed by atoms with Gasteiger partial charge >= 0.3 is 0 Å². The van der Waals surface area contributed by atoms with Crippen molar-refractivity contribution in [3.63, 3.8) is 0 Å². The van der Waals surface area contributed by atoms with Crippen molar-refractivity contribution in [3.05, 3.63) is 29.8 Å². The summed E-state index contributed by atoms with van der Waals surface area (Å²) in [5, 5.41) is 14.6. The zero-order valence-corrected chi connectivity index (χ0v) is 12.4. The van der Waals surface area contributed by atoms with Crippen LogP contribution < -0.4 is 10.6 Å². The third kappa shape index (κ3) is 7.43. The monoisotopic (exact) mass is 294 g/mol. The number of aliphatic hydroxyl groups is 1. The molecular formula is C15H22N2O4. The highest BCUT2D eigenvalue weighted by Gasteiger charge is 2.11. The zero-order valence-electron chi connectivity index (χ0n) is 12.4. The molecule has 0 bridgehead atoms. The SMILES string of the molecule is CCOCC(O)CNC(=O)CC(=O)Nc1ccc(C)cc1. The van der Waals surface area contributed by atoms with E-state index in [2.05, 4.69) is 10.6 Å². The number of rotatable bonds is 8. The van der Waals surface area contributed by atoms with Crippen LogP contribution in [0.3, 0.4) is 0 Å². The lowest BCUT2D eigenvalue weighted by molar-refractivity contribution is -0.127. The van der Waals surface area contributed by atoms with E-state index in [1.54, 1.807) is 12.1 Å². The van der Waals surface area contributed by atoms with Crippen molar-refractivity contribution in [2.75, 3.05) is 25.1 Å². The number of hydrogen-bond donors (Lipinski definition) is 3. The minimum Gasteiger partial charge on any atom is -0.389 e. The molecule has 0 heterocycles. The van der Waals surface area contributed by atoms with Gasteiger partial charge in [-0.1, -0.05) is 17.7 Å². The van der Waals surface area contributed by atoms with Gasteiger partial charge in [-0.2, -0.15) is 0 Å². The third-order valence-corrected chi connectivity index (χ3v) is 2.71. The minimum atomic E-state index is -0.769. The van der Waals surface area contributed by atoms with E-state index in [1.807, 2.05) is 26.0 Å². The summed E-state index contributed by atoms with van der Waals surface area (Å²) in [6.45, 7) is 4.50. The quantitative estimate of drug-likeness (QED) is 0.620. The Hall–Kier alpha value is -1.92. The number of nitrogens with one attached hydrogen (secondary N) is 2. The molecule has 0 aromatic heterocycles. The fourth-order valence-corrected chi connectivity index (χ4v) is 1.59. The van der Waals surface area contributed by atoms with Crippen LogP contribution >= 0.6 is 0 Å². The maximum absolute atomic E-state index is 11.7. The summed E-state index contributed by atoms with van der Waals surface area (Å²) in [6, 6.07) is 7.30. The van der Waals surface area contributed by atoms with Crippen molar-refractivity contribution in [3.8, 4) is 0 Å². The number of aliphatic hydroxyl groups excluding tert-OH is 1. The second kappa shape index (κ2) is 9.10. The highest BCUT2D eigenvalue weighted by Crippen LogP contribution is 2.08. The smallest absolute Gasteiger partial charge is 0.233 e. The van der Waals surface area contributed by atoms with Gasteiger partial charge in [-0.3, -0.25) is 9.59 Å². The van der Waals surface area contributed by atoms with Gasteiger partial charge in [0.2, 0.25) is 11.8 Å². The predicted octanol–water partition coefficient (Wildman–Crippen LogP) is 0.837. The molecule has 0 saturated carbocycles. The summed E-state index contributed by atoms with van der Waals surface area (Å²) in [6.07, 6.45) is -1.05. The van der Waals surface area contributed by atoms with Gasteiger partial charge in [0.15, 0.2) is 0 Å². The van der Waals surface area contributed by atoms with E-state index in [9.17, 15) is 14.7 Å². The van der Waals surface area contributed by atoms with Crippen LogP contribution in [0.15, 0.2) is 24.3 Å². The van der Waals surface area contributed by atoms with Crippen molar-refractivity contribution in [1.29, 1.82) is 0 Å². The summed E-state index contributed by atoms with van der Waals surface area (Å²) in [5.74, 6) is -0.828. The Balaban J connectivity index is 2.27. The molecule has 1 aromatic rings. The summed E-state index contributed by atoms with van der Waals surface area (Å²) in [4.78, 5) is 23.2. The molecule has 2 amide bonds. The van der Waals surface area contributed by atoms with E-state index in [-0.39, 0.29) is 19.6 Å². The largest absolute Gasteiger partial charge is 0.389 e. The first-order valence-corrected chi connectivity index (χ1v) is 6.90.